The highest BCUT2D eigenvalue weighted by atomic mass is 32.2. The van der Waals surface area contributed by atoms with Gasteiger partial charge in [-0.1, -0.05) is 0 Å². The molecule has 140 valence electrons. The number of nitrogens with one attached hydrogen (secondary N) is 1. The Hall–Kier alpha value is -2.85. The van der Waals surface area contributed by atoms with E-state index in [2.05, 4.69) is 0 Å². The van der Waals surface area contributed by atoms with Gasteiger partial charge in [-0.2, -0.15) is 0 Å². The van der Waals surface area contributed by atoms with Gasteiger partial charge in [0.05, 0.1) is 24.8 Å². The molecule has 2 aromatic rings. The van der Waals surface area contributed by atoms with Gasteiger partial charge >= 0.3 is 0 Å². The number of ether oxygens (including phenoxy) is 2. The van der Waals surface area contributed by atoms with Crippen LogP contribution in [0.5, 0.6) is 11.5 Å². The molecule has 0 aromatic heterocycles. The highest BCUT2D eigenvalue weighted by Gasteiger charge is 2.29. The third kappa shape index (κ3) is 4.03. The molecule has 2 aromatic carbocycles. The van der Waals surface area contributed by atoms with E-state index < -0.39 is 28.3 Å². The Morgan fingerprint density at radius 3 is 2.35 bits per heavy atom. The van der Waals surface area contributed by atoms with Crippen molar-refractivity contribution in [2.24, 2.45) is 5.84 Å². The first-order valence-corrected chi connectivity index (χ1v) is 8.77. The van der Waals surface area contributed by atoms with E-state index >= 15 is 0 Å². The molecule has 0 aliphatic carbocycles. The summed E-state index contributed by atoms with van der Waals surface area (Å²) in [6, 6.07) is 8.66. The fourth-order valence-electron chi connectivity index (χ4n) is 2.20. The van der Waals surface area contributed by atoms with Crippen molar-refractivity contribution in [1.82, 2.24) is 5.43 Å². The number of benzene rings is 2. The Kier molecular flexibility index (Phi) is 6.01. The van der Waals surface area contributed by atoms with Crippen LogP contribution in [0.15, 0.2) is 47.4 Å². The second-order valence-electron chi connectivity index (χ2n) is 5.07. The van der Waals surface area contributed by atoms with Crippen LogP contribution in [0, 0.1) is 5.82 Å². The number of anilines is 1. The highest BCUT2D eigenvalue weighted by Crippen LogP contribution is 2.35. The Morgan fingerprint density at radius 1 is 1.15 bits per heavy atom. The average Bonchev–Trinajstić information content (AvgIpc) is 2.65. The van der Waals surface area contributed by atoms with Crippen molar-refractivity contribution in [2.45, 2.75) is 4.90 Å². The molecule has 0 bridgehead atoms. The van der Waals surface area contributed by atoms with Gasteiger partial charge in [-0.15, -0.1) is 0 Å². The lowest BCUT2D eigenvalue weighted by Crippen LogP contribution is -2.43. The van der Waals surface area contributed by atoms with Gasteiger partial charge in [0.15, 0.2) is 0 Å². The fraction of sp³-hybridized carbons (Fsp3) is 0.188. The Morgan fingerprint density at radius 2 is 1.81 bits per heavy atom. The minimum Gasteiger partial charge on any atom is -0.497 e. The van der Waals surface area contributed by atoms with Crippen LogP contribution in [0.4, 0.5) is 10.1 Å². The molecule has 0 fully saturated rings. The van der Waals surface area contributed by atoms with Gasteiger partial charge in [-0.3, -0.25) is 14.5 Å². The van der Waals surface area contributed by atoms with E-state index in [9.17, 15) is 17.6 Å². The van der Waals surface area contributed by atoms with Gasteiger partial charge in [-0.05, 0) is 36.4 Å². The predicted molar refractivity (Wildman–Crippen MR) is 92.8 cm³/mol. The van der Waals surface area contributed by atoms with E-state index in [1.54, 1.807) is 0 Å². The summed E-state index contributed by atoms with van der Waals surface area (Å²) in [6.45, 7) is -0.598. The van der Waals surface area contributed by atoms with Crippen LogP contribution in [-0.2, 0) is 14.8 Å². The van der Waals surface area contributed by atoms with Crippen LogP contribution >= 0.6 is 0 Å². The lowest BCUT2D eigenvalue weighted by atomic mass is 10.2. The minimum atomic E-state index is -4.20. The lowest BCUT2D eigenvalue weighted by Gasteiger charge is -2.25. The van der Waals surface area contributed by atoms with Gasteiger partial charge in [0, 0.05) is 6.07 Å². The summed E-state index contributed by atoms with van der Waals surface area (Å²) in [5.41, 5.74) is 1.99. The number of sulfonamides is 1. The third-order valence-corrected chi connectivity index (χ3v) is 5.28. The molecule has 0 saturated heterocycles. The predicted octanol–water partition coefficient (Wildman–Crippen LogP) is 1.03. The second kappa shape index (κ2) is 8.02. The monoisotopic (exact) mass is 383 g/mol. The number of nitrogens with two attached hydrogens (primary N) is 1. The number of methoxy groups -OCH3 is 2. The van der Waals surface area contributed by atoms with Crippen LogP contribution in [0.1, 0.15) is 0 Å². The number of carbonyl (C=O) groups excluding carboxylic acids is 1. The van der Waals surface area contributed by atoms with Gasteiger partial charge < -0.3 is 9.47 Å². The number of carbonyl (C=O) groups is 1. The second-order valence-corrected chi connectivity index (χ2v) is 6.93. The van der Waals surface area contributed by atoms with E-state index in [1.807, 2.05) is 5.43 Å². The molecule has 8 nitrogen and oxygen atoms in total. The molecular weight excluding hydrogens is 365 g/mol. The number of amides is 1. The summed E-state index contributed by atoms with van der Waals surface area (Å²) in [6.07, 6.45) is 0. The quantitative estimate of drug-likeness (QED) is 0.420. The molecular formula is C16H18FN3O5S. The Bertz CT molecular complexity index is 887. The topological polar surface area (TPSA) is 111 Å². The number of rotatable bonds is 7. The van der Waals surface area contributed by atoms with Crippen LogP contribution in [0.3, 0.4) is 0 Å². The van der Waals surface area contributed by atoms with Crippen molar-refractivity contribution in [2.75, 3.05) is 25.1 Å². The van der Waals surface area contributed by atoms with E-state index in [1.165, 1.54) is 32.4 Å². The fourth-order valence-corrected chi connectivity index (χ4v) is 3.63. The van der Waals surface area contributed by atoms with Crippen molar-refractivity contribution in [1.29, 1.82) is 0 Å². The van der Waals surface area contributed by atoms with Crippen LogP contribution < -0.4 is 25.0 Å². The van der Waals surface area contributed by atoms with Gasteiger partial charge in [-0.25, -0.2) is 18.7 Å². The zero-order chi connectivity index (χ0) is 19.3. The minimum absolute atomic E-state index is 0.0984. The van der Waals surface area contributed by atoms with Gasteiger partial charge in [0.25, 0.3) is 15.9 Å². The van der Waals surface area contributed by atoms with Gasteiger partial charge in [0.2, 0.25) is 0 Å². The maximum atomic E-state index is 13.1. The molecule has 0 radical (unpaired) electrons. The molecule has 0 heterocycles. The normalized spacial score (nSPS) is 10.9. The molecule has 0 aliphatic rings. The molecule has 2 rings (SSSR count). The van der Waals surface area contributed by atoms with Gasteiger partial charge in [0.1, 0.15) is 23.9 Å². The van der Waals surface area contributed by atoms with Crippen LogP contribution in [-0.4, -0.2) is 35.1 Å². The van der Waals surface area contributed by atoms with E-state index in [-0.39, 0.29) is 16.3 Å². The van der Waals surface area contributed by atoms with Crippen molar-refractivity contribution in [3.63, 3.8) is 0 Å². The average molecular weight is 383 g/mol. The van der Waals surface area contributed by atoms with Crippen molar-refractivity contribution in [3.05, 3.63) is 48.3 Å². The third-order valence-electron chi connectivity index (χ3n) is 3.51. The lowest BCUT2D eigenvalue weighted by molar-refractivity contribution is -0.119. The number of nitrogens with zero attached hydrogens (tertiary/aromatic N) is 1. The Labute approximate surface area is 150 Å². The van der Waals surface area contributed by atoms with Crippen LogP contribution in [0.25, 0.3) is 0 Å². The zero-order valence-electron chi connectivity index (χ0n) is 14.1. The summed E-state index contributed by atoms with van der Waals surface area (Å²) < 4.78 is 50.3. The standard InChI is InChI=1S/C16H18FN3O5S/c1-24-12-5-8-14(15(9-12)25-2)20(10-16(21)19-18)26(22,23)13-6-3-11(17)4-7-13/h3-9H,10,18H2,1-2H3,(H,19,21). The Balaban J connectivity index is 2.60. The summed E-state index contributed by atoms with van der Waals surface area (Å²) in [4.78, 5) is 11.6. The molecule has 0 spiro atoms. The number of hydrogen-bond acceptors (Lipinski definition) is 6. The van der Waals surface area contributed by atoms with E-state index in [0.29, 0.717) is 5.75 Å². The van der Waals surface area contributed by atoms with Crippen molar-refractivity contribution >= 4 is 21.6 Å². The van der Waals surface area contributed by atoms with E-state index in [4.69, 9.17) is 15.3 Å². The summed E-state index contributed by atoms with van der Waals surface area (Å²) in [5, 5.41) is 0. The molecule has 10 heteroatoms. The van der Waals surface area contributed by atoms with E-state index in [0.717, 1.165) is 28.6 Å². The highest BCUT2D eigenvalue weighted by molar-refractivity contribution is 7.92. The number of hydrazine groups is 1. The summed E-state index contributed by atoms with van der Waals surface area (Å²) >= 11 is 0. The SMILES string of the molecule is COc1ccc(N(CC(=O)NN)S(=O)(=O)c2ccc(F)cc2)c(OC)c1. The molecule has 3 N–H and O–H groups in total. The smallest absolute Gasteiger partial charge is 0.264 e. The molecule has 0 unspecified atom stereocenters. The first-order chi connectivity index (χ1) is 12.3. The van der Waals surface area contributed by atoms with Crippen molar-refractivity contribution < 1.29 is 27.1 Å². The number of hydrogen-bond donors (Lipinski definition) is 2. The summed E-state index contributed by atoms with van der Waals surface area (Å²) in [7, 11) is -1.40. The molecule has 26 heavy (non-hydrogen) atoms. The summed E-state index contributed by atoms with van der Waals surface area (Å²) in [5.74, 6) is 4.37. The maximum Gasteiger partial charge on any atom is 0.264 e. The van der Waals surface area contributed by atoms with Crippen LogP contribution in [0.2, 0.25) is 0 Å². The zero-order valence-corrected chi connectivity index (χ0v) is 14.9. The van der Waals surface area contributed by atoms with Crippen molar-refractivity contribution in [3.8, 4) is 11.5 Å². The first-order valence-electron chi connectivity index (χ1n) is 7.33. The largest absolute Gasteiger partial charge is 0.497 e. The molecule has 0 aliphatic heterocycles. The maximum absolute atomic E-state index is 13.1. The molecule has 1 amide bonds. The molecule has 0 atom stereocenters. The first kappa shape index (κ1) is 19.5. The molecule has 0 saturated carbocycles. The number of halogens is 1.